The Morgan fingerprint density at radius 1 is 1.60 bits per heavy atom. The lowest BCUT2D eigenvalue weighted by Gasteiger charge is -2.05. The number of halogens is 1. The molecular formula is C12H12BrNO. The van der Waals surface area contributed by atoms with Gasteiger partial charge in [-0.05, 0) is 46.1 Å². The van der Waals surface area contributed by atoms with Crippen LogP contribution in [0.25, 0.3) is 5.57 Å². The largest absolute Gasteiger partial charge is 0.496 e. The van der Waals surface area contributed by atoms with Crippen molar-refractivity contribution in [2.75, 3.05) is 7.11 Å². The van der Waals surface area contributed by atoms with Crippen LogP contribution in [0, 0.1) is 11.3 Å². The van der Waals surface area contributed by atoms with Crippen LogP contribution < -0.4 is 4.74 Å². The highest BCUT2D eigenvalue weighted by Crippen LogP contribution is 2.28. The molecule has 0 aliphatic carbocycles. The number of ether oxygens (including phenoxy) is 1. The summed E-state index contributed by atoms with van der Waals surface area (Å²) < 4.78 is 5.98. The van der Waals surface area contributed by atoms with Crippen LogP contribution in [0.4, 0.5) is 0 Å². The molecule has 78 valence electrons. The molecule has 0 unspecified atom stereocenters. The van der Waals surface area contributed by atoms with Gasteiger partial charge in [-0.3, -0.25) is 0 Å². The summed E-state index contributed by atoms with van der Waals surface area (Å²) in [5.74, 6) is 0.771. The second-order valence-electron chi connectivity index (χ2n) is 2.99. The molecule has 1 aromatic carbocycles. The van der Waals surface area contributed by atoms with Gasteiger partial charge in [0.1, 0.15) is 5.75 Å². The van der Waals surface area contributed by atoms with E-state index in [1.54, 1.807) is 7.11 Å². The average Bonchev–Trinajstić information content (AvgIpc) is 2.25. The number of rotatable bonds is 3. The number of methoxy groups -OCH3 is 1. The molecular weight excluding hydrogens is 254 g/mol. The number of hydrogen-bond donors (Lipinski definition) is 0. The van der Waals surface area contributed by atoms with Gasteiger partial charge in [-0.25, -0.2) is 0 Å². The fraction of sp³-hybridized carbons (Fsp3) is 0.250. The Hall–Kier alpha value is -1.27. The lowest BCUT2D eigenvalue weighted by molar-refractivity contribution is 0.412. The van der Waals surface area contributed by atoms with E-state index < -0.39 is 0 Å². The number of nitriles is 1. The van der Waals surface area contributed by atoms with Gasteiger partial charge in [0.25, 0.3) is 0 Å². The van der Waals surface area contributed by atoms with Crippen molar-refractivity contribution in [1.82, 2.24) is 0 Å². The lowest BCUT2D eigenvalue weighted by Crippen LogP contribution is -1.87. The van der Waals surface area contributed by atoms with E-state index in [9.17, 15) is 0 Å². The molecule has 0 radical (unpaired) electrons. The third kappa shape index (κ3) is 2.84. The summed E-state index contributed by atoms with van der Waals surface area (Å²) in [5, 5.41) is 8.96. The molecule has 1 aromatic rings. The molecule has 0 heterocycles. The van der Waals surface area contributed by atoms with Gasteiger partial charge < -0.3 is 4.74 Å². The zero-order valence-corrected chi connectivity index (χ0v) is 10.3. The third-order valence-electron chi connectivity index (χ3n) is 1.99. The Morgan fingerprint density at radius 3 is 2.80 bits per heavy atom. The standard InChI is InChI=1S/C12H12BrNO/c1-3-4-10(8-14)9-5-6-12(15-2)11(13)7-9/h4-7H,3H2,1-2H3/b10-4+. The maximum Gasteiger partial charge on any atom is 0.133 e. The van der Waals surface area contributed by atoms with E-state index in [0.29, 0.717) is 5.57 Å². The van der Waals surface area contributed by atoms with Crippen LogP contribution in [-0.4, -0.2) is 7.11 Å². The normalized spacial score (nSPS) is 10.9. The van der Waals surface area contributed by atoms with E-state index >= 15 is 0 Å². The van der Waals surface area contributed by atoms with Crippen LogP contribution in [-0.2, 0) is 0 Å². The van der Waals surface area contributed by atoms with E-state index in [1.165, 1.54) is 0 Å². The van der Waals surface area contributed by atoms with Gasteiger partial charge in [-0.15, -0.1) is 0 Å². The first kappa shape index (κ1) is 11.8. The van der Waals surface area contributed by atoms with Crippen molar-refractivity contribution in [2.45, 2.75) is 13.3 Å². The van der Waals surface area contributed by atoms with Crippen molar-refractivity contribution >= 4 is 21.5 Å². The van der Waals surface area contributed by atoms with Gasteiger partial charge in [0, 0.05) is 0 Å². The molecule has 15 heavy (non-hydrogen) atoms. The van der Waals surface area contributed by atoms with E-state index in [1.807, 2.05) is 31.2 Å². The van der Waals surface area contributed by atoms with Crippen LogP contribution >= 0.6 is 15.9 Å². The van der Waals surface area contributed by atoms with Crippen LogP contribution in [0.1, 0.15) is 18.9 Å². The predicted molar refractivity (Wildman–Crippen MR) is 64.6 cm³/mol. The van der Waals surface area contributed by atoms with Crippen molar-refractivity contribution in [1.29, 1.82) is 5.26 Å². The Kier molecular flexibility index (Phi) is 4.38. The van der Waals surface area contributed by atoms with Crippen LogP contribution in [0.2, 0.25) is 0 Å². The van der Waals surface area contributed by atoms with Crippen molar-refractivity contribution in [2.24, 2.45) is 0 Å². The summed E-state index contributed by atoms with van der Waals surface area (Å²) in [6, 6.07) is 7.81. The van der Waals surface area contributed by atoms with Crippen molar-refractivity contribution < 1.29 is 4.74 Å². The fourth-order valence-corrected chi connectivity index (χ4v) is 1.81. The summed E-state index contributed by atoms with van der Waals surface area (Å²) in [6.45, 7) is 2.01. The SMILES string of the molecule is CC/C=C(\C#N)c1ccc(OC)c(Br)c1. The molecule has 3 heteroatoms. The molecule has 0 spiro atoms. The van der Waals surface area contributed by atoms with E-state index in [4.69, 9.17) is 10.00 Å². The fourth-order valence-electron chi connectivity index (χ4n) is 1.27. The molecule has 0 saturated heterocycles. The Bertz CT molecular complexity index is 418. The highest BCUT2D eigenvalue weighted by molar-refractivity contribution is 9.10. The van der Waals surface area contributed by atoms with E-state index in [-0.39, 0.29) is 0 Å². The second-order valence-corrected chi connectivity index (χ2v) is 3.84. The predicted octanol–water partition coefficient (Wildman–Crippen LogP) is 3.77. The third-order valence-corrected chi connectivity index (χ3v) is 2.61. The summed E-state index contributed by atoms with van der Waals surface area (Å²) >= 11 is 3.39. The number of hydrogen-bond acceptors (Lipinski definition) is 2. The number of benzene rings is 1. The van der Waals surface area contributed by atoms with Crippen LogP contribution in [0.3, 0.4) is 0 Å². The molecule has 1 rings (SSSR count). The molecule has 0 atom stereocenters. The van der Waals surface area contributed by atoms with Crippen LogP contribution in [0.5, 0.6) is 5.75 Å². The highest BCUT2D eigenvalue weighted by atomic mass is 79.9. The summed E-state index contributed by atoms with van der Waals surface area (Å²) in [7, 11) is 1.62. The molecule has 0 bridgehead atoms. The quantitative estimate of drug-likeness (QED) is 0.780. The summed E-state index contributed by atoms with van der Waals surface area (Å²) in [5.41, 5.74) is 1.60. The lowest BCUT2D eigenvalue weighted by atomic mass is 10.1. The van der Waals surface area contributed by atoms with Crippen LogP contribution in [0.15, 0.2) is 28.7 Å². The first-order valence-corrected chi connectivity index (χ1v) is 5.46. The smallest absolute Gasteiger partial charge is 0.133 e. The number of nitrogens with zero attached hydrogens (tertiary/aromatic N) is 1. The maximum atomic E-state index is 8.96. The van der Waals surface area contributed by atoms with Gasteiger partial charge in [0.2, 0.25) is 0 Å². The maximum absolute atomic E-state index is 8.96. The zero-order chi connectivity index (χ0) is 11.3. The average molecular weight is 266 g/mol. The monoisotopic (exact) mass is 265 g/mol. The molecule has 0 aliphatic rings. The van der Waals surface area contributed by atoms with Crippen molar-refractivity contribution in [3.8, 4) is 11.8 Å². The zero-order valence-electron chi connectivity index (χ0n) is 8.75. The molecule has 0 amide bonds. The Labute approximate surface area is 98.3 Å². The van der Waals surface area contributed by atoms with Gasteiger partial charge >= 0.3 is 0 Å². The first-order valence-electron chi connectivity index (χ1n) is 4.67. The molecule has 0 saturated carbocycles. The van der Waals surface area contributed by atoms with Gasteiger partial charge in [0.05, 0.1) is 23.2 Å². The van der Waals surface area contributed by atoms with Crippen molar-refractivity contribution in [3.63, 3.8) is 0 Å². The Balaban J connectivity index is 3.12. The Morgan fingerprint density at radius 2 is 2.33 bits per heavy atom. The summed E-state index contributed by atoms with van der Waals surface area (Å²) in [4.78, 5) is 0. The molecule has 0 aromatic heterocycles. The van der Waals surface area contributed by atoms with Gasteiger partial charge in [-0.2, -0.15) is 5.26 Å². The molecule has 0 N–H and O–H groups in total. The van der Waals surface area contributed by atoms with Crippen molar-refractivity contribution in [3.05, 3.63) is 34.3 Å². The van der Waals surface area contributed by atoms with Gasteiger partial charge in [0.15, 0.2) is 0 Å². The number of allylic oxidation sites excluding steroid dienone is 2. The van der Waals surface area contributed by atoms with Gasteiger partial charge in [-0.1, -0.05) is 13.0 Å². The molecule has 2 nitrogen and oxygen atoms in total. The minimum atomic E-state index is 0.695. The molecule has 0 aliphatic heterocycles. The topological polar surface area (TPSA) is 33.0 Å². The molecule has 0 fully saturated rings. The summed E-state index contributed by atoms with van der Waals surface area (Å²) in [6.07, 6.45) is 2.76. The van der Waals surface area contributed by atoms with E-state index in [2.05, 4.69) is 22.0 Å². The second kappa shape index (κ2) is 5.57. The van der Waals surface area contributed by atoms with E-state index in [0.717, 1.165) is 22.2 Å². The highest BCUT2D eigenvalue weighted by Gasteiger charge is 2.04. The minimum Gasteiger partial charge on any atom is -0.496 e. The first-order chi connectivity index (χ1) is 7.22. The minimum absolute atomic E-state index is 0.695.